The molecule has 1 aromatic heterocycles. The molecule has 0 aliphatic carbocycles. The van der Waals surface area contributed by atoms with Crippen LogP contribution >= 0.6 is 11.6 Å². The lowest BCUT2D eigenvalue weighted by Gasteiger charge is -2.17. The van der Waals surface area contributed by atoms with Gasteiger partial charge in [0.2, 0.25) is 17.8 Å². The van der Waals surface area contributed by atoms with Gasteiger partial charge in [0.25, 0.3) is 0 Å². The highest BCUT2D eigenvalue weighted by Crippen LogP contribution is 2.19. The third kappa shape index (κ3) is 7.56. The Balaban J connectivity index is 1.54. The first-order chi connectivity index (χ1) is 14.7. The molecular formula is C20H30ClN7O2. The minimum absolute atomic E-state index is 0.522. The van der Waals surface area contributed by atoms with Crippen LogP contribution in [0.1, 0.15) is 18.4 Å². The smallest absolute Gasteiger partial charge is 0.231 e. The Labute approximate surface area is 182 Å². The first kappa shape index (κ1) is 22.5. The fourth-order valence-electron chi connectivity index (χ4n) is 3.01. The van der Waals surface area contributed by atoms with Crippen LogP contribution in [0, 0.1) is 0 Å². The lowest BCUT2D eigenvalue weighted by atomic mass is 10.2. The van der Waals surface area contributed by atoms with E-state index in [4.69, 9.17) is 26.8 Å². The molecule has 0 saturated carbocycles. The van der Waals surface area contributed by atoms with E-state index in [1.807, 2.05) is 24.3 Å². The van der Waals surface area contributed by atoms with Crippen LogP contribution < -0.4 is 21.3 Å². The largest absolute Gasteiger partial charge is 0.378 e. The van der Waals surface area contributed by atoms with E-state index in [1.54, 1.807) is 0 Å². The monoisotopic (exact) mass is 435 g/mol. The maximum absolute atomic E-state index is 5.96. The van der Waals surface area contributed by atoms with Gasteiger partial charge in [0.05, 0.1) is 26.4 Å². The molecule has 0 radical (unpaired) electrons. The van der Waals surface area contributed by atoms with Gasteiger partial charge in [0, 0.05) is 37.7 Å². The number of nitrogens with two attached hydrogens (primary N) is 1. The lowest BCUT2D eigenvalue weighted by molar-refractivity contribution is 0.0547. The summed E-state index contributed by atoms with van der Waals surface area (Å²) in [5.41, 5.74) is 6.48. The molecular weight excluding hydrogens is 406 g/mol. The summed E-state index contributed by atoms with van der Waals surface area (Å²) < 4.78 is 10.8. The molecule has 1 aromatic carbocycles. The molecule has 10 heteroatoms. The summed E-state index contributed by atoms with van der Waals surface area (Å²) in [6.45, 7) is 5.81. The molecule has 1 aliphatic heterocycles. The quantitative estimate of drug-likeness (QED) is 0.407. The van der Waals surface area contributed by atoms with E-state index in [9.17, 15) is 0 Å². The molecule has 1 fully saturated rings. The van der Waals surface area contributed by atoms with Gasteiger partial charge in [-0.25, -0.2) is 0 Å². The molecule has 0 atom stereocenters. The second-order valence-electron chi connectivity index (χ2n) is 6.90. The average molecular weight is 436 g/mol. The number of benzene rings is 1. The molecule has 0 amide bonds. The number of nitrogens with one attached hydrogen (secondary N) is 2. The summed E-state index contributed by atoms with van der Waals surface area (Å²) in [5, 5.41) is 7.23. The van der Waals surface area contributed by atoms with E-state index in [2.05, 4.69) is 30.5 Å². The van der Waals surface area contributed by atoms with Crippen LogP contribution in [0.15, 0.2) is 24.3 Å². The summed E-state index contributed by atoms with van der Waals surface area (Å²) in [7, 11) is 0. The third-order valence-electron chi connectivity index (χ3n) is 4.54. The summed E-state index contributed by atoms with van der Waals surface area (Å²) in [6.07, 6.45) is 2.31. The first-order valence-corrected chi connectivity index (χ1v) is 10.7. The van der Waals surface area contributed by atoms with Crippen molar-refractivity contribution in [3.8, 4) is 0 Å². The van der Waals surface area contributed by atoms with Crippen LogP contribution in [-0.4, -0.2) is 67.6 Å². The summed E-state index contributed by atoms with van der Waals surface area (Å²) in [4.78, 5) is 15.9. The Morgan fingerprint density at radius 2 is 1.57 bits per heavy atom. The summed E-state index contributed by atoms with van der Waals surface area (Å²) in [5.74, 6) is 1.77. The molecule has 0 unspecified atom stereocenters. The van der Waals surface area contributed by atoms with Crippen molar-refractivity contribution in [2.45, 2.75) is 19.4 Å². The SMILES string of the molecule is NCCOCCOCCNc1nc(NCc2ccc(Cl)cc2)nc(N2CCCC2)n1. The van der Waals surface area contributed by atoms with Gasteiger partial charge in [-0.15, -0.1) is 0 Å². The molecule has 164 valence electrons. The Hall–Kier alpha value is -2.20. The van der Waals surface area contributed by atoms with Crippen molar-refractivity contribution >= 4 is 29.4 Å². The summed E-state index contributed by atoms with van der Waals surface area (Å²) in [6, 6.07) is 7.70. The van der Waals surface area contributed by atoms with E-state index in [0.29, 0.717) is 63.9 Å². The zero-order chi connectivity index (χ0) is 21.0. The highest BCUT2D eigenvalue weighted by Gasteiger charge is 2.17. The molecule has 1 aliphatic rings. The molecule has 0 bridgehead atoms. The number of ether oxygens (including phenoxy) is 2. The maximum atomic E-state index is 5.96. The normalized spacial score (nSPS) is 13.6. The predicted octanol–water partition coefficient (Wildman–Crippen LogP) is 2.14. The average Bonchev–Trinajstić information content (AvgIpc) is 3.30. The number of hydrogen-bond donors (Lipinski definition) is 3. The van der Waals surface area contributed by atoms with Crippen molar-refractivity contribution in [2.24, 2.45) is 5.73 Å². The van der Waals surface area contributed by atoms with Crippen LogP contribution in [0.2, 0.25) is 5.02 Å². The van der Waals surface area contributed by atoms with E-state index in [-0.39, 0.29) is 0 Å². The zero-order valence-corrected chi connectivity index (χ0v) is 17.9. The van der Waals surface area contributed by atoms with Crippen LogP contribution in [-0.2, 0) is 16.0 Å². The fourth-order valence-corrected chi connectivity index (χ4v) is 3.13. The number of aromatic nitrogens is 3. The Morgan fingerprint density at radius 1 is 0.900 bits per heavy atom. The van der Waals surface area contributed by atoms with Crippen LogP contribution in [0.5, 0.6) is 0 Å². The minimum atomic E-state index is 0.522. The third-order valence-corrected chi connectivity index (χ3v) is 4.79. The standard InChI is InChI=1S/C20H30ClN7O2/c21-17-5-3-16(4-6-17)15-24-19-25-18(23-8-12-30-14-13-29-11-7-22)26-20(27-19)28-9-1-2-10-28/h3-6H,1-2,7-15,22H2,(H2,23,24,25,26,27). The fraction of sp³-hybridized carbons (Fsp3) is 0.550. The molecule has 3 rings (SSSR count). The maximum Gasteiger partial charge on any atom is 0.231 e. The zero-order valence-electron chi connectivity index (χ0n) is 17.1. The van der Waals surface area contributed by atoms with Gasteiger partial charge in [-0.2, -0.15) is 15.0 Å². The van der Waals surface area contributed by atoms with Crippen molar-refractivity contribution in [1.82, 2.24) is 15.0 Å². The van der Waals surface area contributed by atoms with E-state index in [0.717, 1.165) is 36.5 Å². The van der Waals surface area contributed by atoms with Crippen molar-refractivity contribution in [3.05, 3.63) is 34.9 Å². The number of nitrogens with zero attached hydrogens (tertiary/aromatic N) is 4. The molecule has 2 aromatic rings. The predicted molar refractivity (Wildman–Crippen MR) is 119 cm³/mol. The van der Waals surface area contributed by atoms with E-state index < -0.39 is 0 Å². The lowest BCUT2D eigenvalue weighted by Crippen LogP contribution is -2.23. The number of halogens is 1. The Kier molecular flexibility index (Phi) is 9.36. The van der Waals surface area contributed by atoms with Crippen molar-refractivity contribution < 1.29 is 9.47 Å². The first-order valence-electron chi connectivity index (χ1n) is 10.3. The highest BCUT2D eigenvalue weighted by molar-refractivity contribution is 6.30. The second kappa shape index (κ2) is 12.5. The van der Waals surface area contributed by atoms with Gasteiger partial charge >= 0.3 is 0 Å². The molecule has 4 N–H and O–H groups in total. The molecule has 1 saturated heterocycles. The van der Waals surface area contributed by atoms with Crippen molar-refractivity contribution in [1.29, 1.82) is 0 Å². The highest BCUT2D eigenvalue weighted by atomic mass is 35.5. The Bertz CT molecular complexity index is 757. The van der Waals surface area contributed by atoms with Gasteiger partial charge in [-0.1, -0.05) is 23.7 Å². The molecule has 30 heavy (non-hydrogen) atoms. The minimum Gasteiger partial charge on any atom is -0.378 e. The number of hydrogen-bond acceptors (Lipinski definition) is 9. The van der Waals surface area contributed by atoms with Crippen LogP contribution in [0.25, 0.3) is 0 Å². The molecule has 0 spiro atoms. The van der Waals surface area contributed by atoms with Crippen LogP contribution in [0.3, 0.4) is 0 Å². The number of rotatable bonds is 13. The molecule has 9 nitrogen and oxygen atoms in total. The molecule has 2 heterocycles. The number of anilines is 3. The van der Waals surface area contributed by atoms with Crippen molar-refractivity contribution in [2.75, 3.05) is 68.1 Å². The van der Waals surface area contributed by atoms with Gasteiger partial charge in [0.15, 0.2) is 0 Å². The Morgan fingerprint density at radius 3 is 2.27 bits per heavy atom. The van der Waals surface area contributed by atoms with E-state index in [1.165, 1.54) is 0 Å². The van der Waals surface area contributed by atoms with Gasteiger partial charge in [-0.05, 0) is 30.5 Å². The van der Waals surface area contributed by atoms with E-state index >= 15 is 0 Å². The van der Waals surface area contributed by atoms with Gasteiger partial charge in [0.1, 0.15) is 0 Å². The summed E-state index contributed by atoms with van der Waals surface area (Å²) >= 11 is 5.96. The topological polar surface area (TPSA) is 110 Å². The van der Waals surface area contributed by atoms with Crippen molar-refractivity contribution in [3.63, 3.8) is 0 Å². The van der Waals surface area contributed by atoms with Crippen LogP contribution in [0.4, 0.5) is 17.8 Å². The van der Waals surface area contributed by atoms with Gasteiger partial charge in [-0.3, -0.25) is 0 Å². The van der Waals surface area contributed by atoms with Gasteiger partial charge < -0.3 is 30.7 Å². The second-order valence-corrected chi connectivity index (χ2v) is 7.33.